The number of benzene rings is 1. The number of hydrogen-bond acceptors (Lipinski definition) is 3. The Morgan fingerprint density at radius 3 is 2.32 bits per heavy atom. The first-order valence-electron chi connectivity index (χ1n) is 9.25. The minimum atomic E-state index is -0.0246. The molecule has 0 radical (unpaired) electrons. The summed E-state index contributed by atoms with van der Waals surface area (Å²) in [4.78, 5) is 24.2. The van der Waals surface area contributed by atoms with Gasteiger partial charge in [0.1, 0.15) is 0 Å². The molecule has 3 N–H and O–H groups in total. The topological polar surface area (TPSA) is 72.2 Å². The van der Waals surface area contributed by atoms with Crippen LogP contribution in [0, 0.1) is 0 Å². The first kappa shape index (κ1) is 21.7. The van der Waals surface area contributed by atoms with Gasteiger partial charge in [-0.1, -0.05) is 37.6 Å². The molecule has 0 atom stereocenters. The molecular formula is C20H31ClN2O2. The van der Waals surface area contributed by atoms with E-state index >= 15 is 0 Å². The Hall–Kier alpha value is -1.39. The van der Waals surface area contributed by atoms with Gasteiger partial charge in [0, 0.05) is 30.5 Å². The van der Waals surface area contributed by atoms with Gasteiger partial charge in [0.25, 0.3) is 0 Å². The summed E-state index contributed by atoms with van der Waals surface area (Å²) in [6.07, 6.45) is 7.74. The normalized spacial score (nSPS) is 19.8. The van der Waals surface area contributed by atoms with E-state index in [1.807, 2.05) is 24.3 Å². The van der Waals surface area contributed by atoms with E-state index in [0.29, 0.717) is 5.56 Å². The number of rotatable bonds is 8. The smallest absolute Gasteiger partial charge is 0.220 e. The van der Waals surface area contributed by atoms with Gasteiger partial charge in [0.2, 0.25) is 5.91 Å². The van der Waals surface area contributed by atoms with Crippen molar-refractivity contribution < 1.29 is 9.59 Å². The lowest BCUT2D eigenvalue weighted by Crippen LogP contribution is -2.40. The number of Topliss-reactive ketones (excluding diaryl/α,β-unsaturated/α-hetero) is 1. The van der Waals surface area contributed by atoms with E-state index in [1.54, 1.807) is 0 Å². The number of halogens is 1. The number of aryl methyl sites for hydroxylation is 1. The minimum Gasteiger partial charge on any atom is -0.353 e. The fourth-order valence-corrected chi connectivity index (χ4v) is 3.17. The number of unbranched alkanes of at least 4 members (excludes halogenated alkanes) is 1. The molecular weight excluding hydrogens is 336 g/mol. The molecule has 5 heteroatoms. The van der Waals surface area contributed by atoms with Crippen molar-refractivity contribution in [3.63, 3.8) is 0 Å². The molecule has 0 unspecified atom stereocenters. The maximum absolute atomic E-state index is 12.2. The zero-order valence-corrected chi connectivity index (χ0v) is 15.9. The van der Waals surface area contributed by atoms with Gasteiger partial charge < -0.3 is 11.1 Å². The Morgan fingerprint density at radius 1 is 1.08 bits per heavy atom. The van der Waals surface area contributed by atoms with E-state index in [-0.39, 0.29) is 49.0 Å². The molecule has 0 saturated heterocycles. The molecule has 1 aromatic carbocycles. The number of nitrogens with one attached hydrogen (secondary N) is 1. The highest BCUT2D eigenvalue weighted by atomic mass is 35.5. The summed E-state index contributed by atoms with van der Waals surface area (Å²) in [5.74, 6) is 0.0150. The molecule has 1 aliphatic rings. The molecule has 4 nitrogen and oxygen atoms in total. The van der Waals surface area contributed by atoms with E-state index < -0.39 is 0 Å². The van der Waals surface area contributed by atoms with Crippen LogP contribution >= 0.6 is 12.4 Å². The molecule has 1 amide bonds. The number of ketones is 1. The van der Waals surface area contributed by atoms with E-state index in [9.17, 15) is 9.59 Å². The largest absolute Gasteiger partial charge is 0.353 e. The average molecular weight is 367 g/mol. The standard InChI is InChI=1S/C20H30N2O2.ClH/c1-2-3-4-15-5-7-16(8-6-15)19(23)13-14-20(24)22-18-11-9-17(21)10-12-18;/h5-8,17-18H,2-4,9-14,21H2,1H3,(H,22,24);1H. The molecule has 1 saturated carbocycles. The molecule has 1 fully saturated rings. The van der Waals surface area contributed by atoms with Crippen LogP contribution in [0.4, 0.5) is 0 Å². The van der Waals surface area contributed by atoms with Crippen molar-refractivity contribution in [2.75, 3.05) is 0 Å². The van der Waals surface area contributed by atoms with Crippen molar-refractivity contribution in [1.82, 2.24) is 5.32 Å². The zero-order valence-electron chi connectivity index (χ0n) is 15.1. The Balaban J connectivity index is 0.00000312. The van der Waals surface area contributed by atoms with Crippen molar-refractivity contribution in [2.24, 2.45) is 5.73 Å². The van der Waals surface area contributed by atoms with E-state index in [1.165, 1.54) is 18.4 Å². The molecule has 1 aromatic rings. The van der Waals surface area contributed by atoms with Gasteiger partial charge in [0.15, 0.2) is 5.78 Å². The van der Waals surface area contributed by atoms with Crippen LogP contribution < -0.4 is 11.1 Å². The lowest BCUT2D eigenvalue weighted by atomic mass is 9.91. The molecule has 1 aliphatic carbocycles. The van der Waals surface area contributed by atoms with Gasteiger partial charge in [-0.15, -0.1) is 12.4 Å². The number of carbonyl (C=O) groups is 2. The predicted octanol–water partition coefficient (Wildman–Crippen LogP) is 3.80. The maximum atomic E-state index is 12.2. The molecule has 0 spiro atoms. The van der Waals surface area contributed by atoms with Gasteiger partial charge in [-0.25, -0.2) is 0 Å². The molecule has 0 bridgehead atoms. The summed E-state index contributed by atoms with van der Waals surface area (Å²) in [5, 5.41) is 3.03. The number of amides is 1. The number of hydrogen-bond donors (Lipinski definition) is 2. The summed E-state index contributed by atoms with van der Waals surface area (Å²) in [7, 11) is 0. The molecule has 0 aromatic heterocycles. The fraction of sp³-hybridized carbons (Fsp3) is 0.600. The Kier molecular flexibility index (Phi) is 9.76. The van der Waals surface area contributed by atoms with Crippen LogP contribution in [0.25, 0.3) is 0 Å². The summed E-state index contributed by atoms with van der Waals surface area (Å²) in [6.45, 7) is 2.17. The minimum absolute atomic E-state index is 0. The number of carbonyl (C=O) groups excluding carboxylic acids is 2. The van der Waals surface area contributed by atoms with Crippen LogP contribution in [-0.4, -0.2) is 23.8 Å². The second-order valence-electron chi connectivity index (χ2n) is 6.90. The zero-order chi connectivity index (χ0) is 17.4. The third-order valence-corrected chi connectivity index (χ3v) is 4.81. The third kappa shape index (κ3) is 7.57. The highest BCUT2D eigenvalue weighted by molar-refractivity contribution is 5.98. The maximum Gasteiger partial charge on any atom is 0.220 e. The first-order chi connectivity index (χ1) is 11.6. The van der Waals surface area contributed by atoms with E-state index in [0.717, 1.165) is 32.1 Å². The monoisotopic (exact) mass is 366 g/mol. The number of nitrogens with two attached hydrogens (primary N) is 1. The second kappa shape index (κ2) is 11.3. The van der Waals surface area contributed by atoms with Crippen molar-refractivity contribution >= 4 is 24.1 Å². The van der Waals surface area contributed by atoms with Gasteiger partial charge >= 0.3 is 0 Å². The van der Waals surface area contributed by atoms with E-state index in [4.69, 9.17) is 5.73 Å². The van der Waals surface area contributed by atoms with Crippen molar-refractivity contribution in [3.8, 4) is 0 Å². The average Bonchev–Trinajstić information content (AvgIpc) is 2.60. The Morgan fingerprint density at radius 2 is 1.72 bits per heavy atom. The van der Waals surface area contributed by atoms with Crippen LogP contribution in [-0.2, 0) is 11.2 Å². The van der Waals surface area contributed by atoms with E-state index in [2.05, 4.69) is 12.2 Å². The van der Waals surface area contributed by atoms with Crippen LogP contribution in [0.5, 0.6) is 0 Å². The summed E-state index contributed by atoms with van der Waals surface area (Å²) >= 11 is 0. The van der Waals surface area contributed by atoms with Crippen LogP contribution in [0.2, 0.25) is 0 Å². The molecule has 140 valence electrons. The SMILES string of the molecule is CCCCc1ccc(C(=O)CCC(=O)NC2CCC(N)CC2)cc1.Cl. The van der Waals surface area contributed by atoms with Gasteiger partial charge in [0.05, 0.1) is 0 Å². The summed E-state index contributed by atoms with van der Waals surface area (Å²) in [5.41, 5.74) is 7.84. The van der Waals surface area contributed by atoms with Gasteiger partial charge in [-0.3, -0.25) is 9.59 Å². The first-order valence-corrected chi connectivity index (χ1v) is 9.25. The summed E-state index contributed by atoms with van der Waals surface area (Å²) in [6, 6.07) is 8.31. The summed E-state index contributed by atoms with van der Waals surface area (Å²) < 4.78 is 0. The highest BCUT2D eigenvalue weighted by Crippen LogP contribution is 2.17. The van der Waals surface area contributed by atoms with Crippen molar-refractivity contribution in [3.05, 3.63) is 35.4 Å². The van der Waals surface area contributed by atoms with Crippen LogP contribution in [0.1, 0.15) is 74.2 Å². The molecule has 0 aliphatic heterocycles. The van der Waals surface area contributed by atoms with Crippen molar-refractivity contribution in [2.45, 2.75) is 76.8 Å². The van der Waals surface area contributed by atoms with Crippen molar-refractivity contribution in [1.29, 1.82) is 0 Å². The lowest BCUT2D eigenvalue weighted by Gasteiger charge is -2.26. The fourth-order valence-electron chi connectivity index (χ4n) is 3.17. The van der Waals surface area contributed by atoms with Gasteiger partial charge in [-0.05, 0) is 44.1 Å². The highest BCUT2D eigenvalue weighted by Gasteiger charge is 2.20. The Bertz CT molecular complexity index is 537. The van der Waals surface area contributed by atoms with Crippen LogP contribution in [0.3, 0.4) is 0 Å². The van der Waals surface area contributed by atoms with Crippen LogP contribution in [0.15, 0.2) is 24.3 Å². The lowest BCUT2D eigenvalue weighted by molar-refractivity contribution is -0.122. The molecule has 0 heterocycles. The van der Waals surface area contributed by atoms with Gasteiger partial charge in [-0.2, -0.15) is 0 Å². The Labute approximate surface area is 157 Å². The second-order valence-corrected chi connectivity index (χ2v) is 6.90. The third-order valence-electron chi connectivity index (χ3n) is 4.81. The quantitative estimate of drug-likeness (QED) is 0.687. The molecule has 2 rings (SSSR count). The molecule has 25 heavy (non-hydrogen) atoms. The predicted molar refractivity (Wildman–Crippen MR) is 104 cm³/mol.